The van der Waals surface area contributed by atoms with Crippen molar-refractivity contribution in [3.8, 4) is 0 Å². The van der Waals surface area contributed by atoms with Crippen LogP contribution in [-0.2, 0) is 0 Å². The molecule has 1 saturated carbocycles. The Labute approximate surface area is 157 Å². The van der Waals surface area contributed by atoms with Crippen molar-refractivity contribution in [2.24, 2.45) is 11.8 Å². The molecule has 1 N–H and O–H groups in total. The molecule has 0 amide bonds. The monoisotopic (exact) mass is 380 g/mol. The molecule has 27 heavy (non-hydrogen) atoms. The van der Waals surface area contributed by atoms with Crippen LogP contribution in [-0.4, -0.2) is 33.9 Å². The average molecular weight is 380 g/mol. The van der Waals surface area contributed by atoms with E-state index in [0.29, 0.717) is 24.7 Å². The van der Waals surface area contributed by atoms with Crippen LogP contribution in [0.25, 0.3) is 5.65 Å². The maximum absolute atomic E-state index is 12.9. The van der Waals surface area contributed by atoms with Crippen molar-refractivity contribution < 1.29 is 13.2 Å². The maximum atomic E-state index is 12.9. The van der Waals surface area contributed by atoms with Gasteiger partial charge in [0.25, 0.3) is 0 Å². The first-order valence-corrected chi connectivity index (χ1v) is 9.97. The average Bonchev–Trinajstić information content (AvgIpc) is 3.05. The molecule has 0 bridgehead atoms. The molecule has 1 aliphatic carbocycles. The molecule has 2 aromatic heterocycles. The van der Waals surface area contributed by atoms with Gasteiger partial charge in [-0.15, -0.1) is 0 Å². The van der Waals surface area contributed by atoms with Crippen LogP contribution in [0.15, 0.2) is 12.1 Å². The van der Waals surface area contributed by atoms with Gasteiger partial charge in [0.2, 0.25) is 0 Å². The Kier molecular flexibility index (Phi) is 4.91. The fraction of sp³-hybridized carbons (Fsp3) is 0.700. The van der Waals surface area contributed by atoms with Crippen molar-refractivity contribution in [2.75, 3.05) is 13.1 Å². The molecular formula is C20H27F3N4. The summed E-state index contributed by atoms with van der Waals surface area (Å²) in [6.07, 6.45) is -1.45. The van der Waals surface area contributed by atoms with Crippen LogP contribution in [0.3, 0.4) is 0 Å². The van der Waals surface area contributed by atoms with Gasteiger partial charge in [0.1, 0.15) is 0 Å². The minimum atomic E-state index is -4.07. The zero-order valence-corrected chi connectivity index (χ0v) is 15.9. The van der Waals surface area contributed by atoms with E-state index in [-0.39, 0.29) is 18.8 Å². The molecule has 7 heteroatoms. The minimum absolute atomic E-state index is 0.0976. The number of rotatable bonds is 2. The lowest BCUT2D eigenvalue weighted by molar-refractivity contribution is -0.182. The molecule has 1 aliphatic heterocycles. The highest BCUT2D eigenvalue weighted by Gasteiger charge is 2.42. The van der Waals surface area contributed by atoms with E-state index in [2.05, 4.69) is 23.3 Å². The van der Waals surface area contributed by atoms with Gasteiger partial charge in [-0.25, -0.2) is 9.50 Å². The molecule has 2 fully saturated rings. The molecule has 0 aromatic carbocycles. The molecule has 3 heterocycles. The summed E-state index contributed by atoms with van der Waals surface area (Å²) in [4.78, 5) is 4.63. The van der Waals surface area contributed by atoms with Gasteiger partial charge in [-0.3, -0.25) is 0 Å². The second-order valence-corrected chi connectivity index (χ2v) is 8.33. The van der Waals surface area contributed by atoms with Crippen LogP contribution >= 0.6 is 0 Å². The molecule has 2 aromatic rings. The smallest absolute Gasteiger partial charge is 0.316 e. The standard InChI is InChI=1S/C20H27F3N4/c1-12-7-8-24-11-16(12)18-9-13(2)25-19-10-17(26-27(18)19)14-3-5-15(6-4-14)20(21,22)23/h9-10,12,14-16,24H,3-8,11H2,1-2H3/t12-,14-,15-,16-/m0/s1. The van der Waals surface area contributed by atoms with Crippen LogP contribution in [0.4, 0.5) is 13.2 Å². The van der Waals surface area contributed by atoms with Gasteiger partial charge < -0.3 is 5.32 Å². The summed E-state index contributed by atoms with van der Waals surface area (Å²) in [5.41, 5.74) is 3.83. The number of alkyl halides is 3. The third-order valence-corrected chi connectivity index (χ3v) is 6.42. The summed E-state index contributed by atoms with van der Waals surface area (Å²) >= 11 is 0. The first kappa shape index (κ1) is 18.7. The van der Waals surface area contributed by atoms with Gasteiger partial charge in [0.05, 0.1) is 17.3 Å². The van der Waals surface area contributed by atoms with E-state index < -0.39 is 12.1 Å². The summed E-state index contributed by atoms with van der Waals surface area (Å²) in [7, 11) is 0. The molecule has 0 radical (unpaired) electrons. The first-order valence-electron chi connectivity index (χ1n) is 9.97. The highest BCUT2D eigenvalue weighted by Crippen LogP contribution is 2.42. The van der Waals surface area contributed by atoms with E-state index in [4.69, 9.17) is 5.10 Å². The van der Waals surface area contributed by atoms with Gasteiger partial charge in [-0.1, -0.05) is 6.92 Å². The van der Waals surface area contributed by atoms with Gasteiger partial charge in [0, 0.05) is 30.1 Å². The third kappa shape index (κ3) is 3.71. The highest BCUT2D eigenvalue weighted by atomic mass is 19.4. The SMILES string of the molecule is Cc1cc([C@H]2CNCC[C@@H]2C)n2nc([C@H]3CC[C@H](C(F)(F)F)CC3)cc2n1. The van der Waals surface area contributed by atoms with Crippen molar-refractivity contribution >= 4 is 5.65 Å². The Morgan fingerprint density at radius 2 is 1.85 bits per heavy atom. The van der Waals surface area contributed by atoms with Crippen LogP contribution < -0.4 is 5.32 Å². The fourth-order valence-electron chi connectivity index (χ4n) is 4.71. The molecule has 2 aliphatic rings. The topological polar surface area (TPSA) is 42.2 Å². The Morgan fingerprint density at radius 3 is 2.52 bits per heavy atom. The number of nitrogens with one attached hydrogen (secondary N) is 1. The van der Waals surface area contributed by atoms with Crippen molar-refractivity contribution in [3.63, 3.8) is 0 Å². The van der Waals surface area contributed by atoms with Gasteiger partial charge in [-0.05, 0) is 57.6 Å². The number of piperidine rings is 1. The Bertz CT molecular complexity index is 805. The summed E-state index contributed by atoms with van der Waals surface area (Å²) in [6, 6.07) is 4.09. The number of nitrogens with zero attached hydrogens (tertiary/aromatic N) is 3. The van der Waals surface area contributed by atoms with E-state index in [0.717, 1.165) is 42.2 Å². The third-order valence-electron chi connectivity index (χ3n) is 6.42. The summed E-state index contributed by atoms with van der Waals surface area (Å²) in [5, 5.41) is 8.29. The van der Waals surface area contributed by atoms with Gasteiger partial charge in [-0.2, -0.15) is 18.3 Å². The number of hydrogen-bond acceptors (Lipinski definition) is 3. The van der Waals surface area contributed by atoms with Crippen molar-refractivity contribution in [2.45, 2.75) is 64.0 Å². The number of fused-ring (bicyclic) bond motifs is 1. The van der Waals surface area contributed by atoms with Gasteiger partial charge >= 0.3 is 6.18 Å². The molecule has 4 rings (SSSR count). The maximum Gasteiger partial charge on any atom is 0.391 e. The van der Waals surface area contributed by atoms with E-state index in [1.54, 1.807) is 0 Å². The molecular weight excluding hydrogens is 353 g/mol. The van der Waals surface area contributed by atoms with E-state index >= 15 is 0 Å². The van der Waals surface area contributed by atoms with Crippen molar-refractivity contribution in [3.05, 3.63) is 29.2 Å². The quantitative estimate of drug-likeness (QED) is 0.829. The summed E-state index contributed by atoms with van der Waals surface area (Å²) in [5.74, 6) is -0.126. The lowest BCUT2D eigenvalue weighted by Crippen LogP contribution is -2.35. The lowest BCUT2D eigenvalue weighted by Gasteiger charge is -2.30. The largest absolute Gasteiger partial charge is 0.391 e. The molecule has 0 unspecified atom stereocenters. The normalized spacial score (nSPS) is 30.0. The summed E-state index contributed by atoms with van der Waals surface area (Å²) in [6.45, 7) is 6.23. The molecule has 0 spiro atoms. The number of halogens is 3. The van der Waals surface area contributed by atoms with Crippen molar-refractivity contribution in [1.82, 2.24) is 19.9 Å². The van der Waals surface area contributed by atoms with E-state index in [1.165, 1.54) is 0 Å². The van der Waals surface area contributed by atoms with Crippen LogP contribution in [0.5, 0.6) is 0 Å². The number of aromatic nitrogens is 3. The minimum Gasteiger partial charge on any atom is -0.316 e. The van der Waals surface area contributed by atoms with E-state index in [1.807, 2.05) is 17.5 Å². The van der Waals surface area contributed by atoms with E-state index in [9.17, 15) is 13.2 Å². The Hall–Kier alpha value is -1.63. The predicted octanol–water partition coefficient (Wildman–Crippen LogP) is 4.59. The first-order chi connectivity index (χ1) is 12.8. The Morgan fingerprint density at radius 1 is 1.11 bits per heavy atom. The van der Waals surface area contributed by atoms with Crippen molar-refractivity contribution in [1.29, 1.82) is 0 Å². The van der Waals surface area contributed by atoms with Gasteiger partial charge in [0.15, 0.2) is 5.65 Å². The number of aryl methyl sites for hydroxylation is 1. The second kappa shape index (κ2) is 7.08. The molecule has 2 atom stereocenters. The number of hydrogen-bond donors (Lipinski definition) is 1. The molecule has 148 valence electrons. The molecule has 4 nitrogen and oxygen atoms in total. The summed E-state index contributed by atoms with van der Waals surface area (Å²) < 4.78 is 40.8. The van der Waals surface area contributed by atoms with Crippen LogP contribution in [0.1, 0.15) is 67.9 Å². The zero-order chi connectivity index (χ0) is 19.2. The highest BCUT2D eigenvalue weighted by molar-refractivity contribution is 5.43. The predicted molar refractivity (Wildman–Crippen MR) is 97.9 cm³/mol. The fourth-order valence-corrected chi connectivity index (χ4v) is 4.71. The lowest BCUT2D eigenvalue weighted by atomic mass is 9.80. The van der Waals surface area contributed by atoms with Crippen LogP contribution in [0.2, 0.25) is 0 Å². The zero-order valence-electron chi connectivity index (χ0n) is 15.9. The van der Waals surface area contributed by atoms with Crippen LogP contribution in [0, 0.1) is 18.8 Å². The Balaban J connectivity index is 1.62. The second-order valence-electron chi connectivity index (χ2n) is 8.33. The molecule has 1 saturated heterocycles.